The summed E-state index contributed by atoms with van der Waals surface area (Å²) >= 11 is 2.26. The fraction of sp³-hybridized carbons (Fsp3) is 0.0833. The number of hydrogen-bond acceptors (Lipinski definition) is 3. The average Bonchev–Trinajstić information content (AvgIpc) is 3.15. The number of halogens is 1. The second-order valence-electron chi connectivity index (χ2n) is 6.74. The minimum Gasteiger partial charge on any atom is -0.488 e. The van der Waals surface area contributed by atoms with E-state index in [2.05, 4.69) is 38.6 Å². The Kier molecular flexibility index (Phi) is 5.63. The van der Waals surface area contributed by atoms with Crippen LogP contribution in [0.1, 0.15) is 22.5 Å². The maximum absolute atomic E-state index is 9.65. The Balaban J connectivity index is 1.57. The molecule has 0 saturated heterocycles. The van der Waals surface area contributed by atoms with E-state index >= 15 is 0 Å². The van der Waals surface area contributed by atoms with Gasteiger partial charge in [-0.1, -0.05) is 42.5 Å². The SMILES string of the molecule is Cc1ccc2nc(C(C#N)=Cc3ccc(OCc4ccccc4)c(I)c3)[nH]c2c1. The normalized spacial score (nSPS) is 11.4. The van der Waals surface area contributed by atoms with E-state index in [0.717, 1.165) is 37.0 Å². The van der Waals surface area contributed by atoms with Crippen LogP contribution < -0.4 is 4.74 Å². The molecule has 0 unspecified atom stereocenters. The number of aromatic nitrogens is 2. The lowest BCUT2D eigenvalue weighted by Gasteiger charge is -2.09. The van der Waals surface area contributed by atoms with Gasteiger partial charge in [-0.2, -0.15) is 5.26 Å². The van der Waals surface area contributed by atoms with Gasteiger partial charge in [0.25, 0.3) is 0 Å². The van der Waals surface area contributed by atoms with Gasteiger partial charge in [0.1, 0.15) is 24.3 Å². The molecule has 29 heavy (non-hydrogen) atoms. The topological polar surface area (TPSA) is 61.7 Å². The predicted octanol–water partition coefficient (Wildman–Crippen LogP) is 6.12. The Bertz CT molecular complexity index is 1240. The third-order valence-electron chi connectivity index (χ3n) is 4.52. The lowest BCUT2D eigenvalue weighted by atomic mass is 10.1. The lowest BCUT2D eigenvalue weighted by molar-refractivity contribution is 0.304. The Morgan fingerprint density at radius 3 is 2.72 bits per heavy atom. The molecule has 1 heterocycles. The van der Waals surface area contributed by atoms with Crippen molar-refractivity contribution in [3.05, 3.63) is 92.8 Å². The largest absolute Gasteiger partial charge is 0.488 e. The molecule has 4 nitrogen and oxygen atoms in total. The molecule has 0 bridgehead atoms. The van der Waals surface area contributed by atoms with E-state index in [1.165, 1.54) is 0 Å². The number of fused-ring (bicyclic) bond motifs is 1. The molecule has 0 aliphatic heterocycles. The van der Waals surface area contributed by atoms with Gasteiger partial charge in [-0.3, -0.25) is 0 Å². The van der Waals surface area contributed by atoms with E-state index in [-0.39, 0.29) is 0 Å². The summed E-state index contributed by atoms with van der Waals surface area (Å²) in [6, 6.07) is 24.2. The fourth-order valence-electron chi connectivity index (χ4n) is 3.03. The van der Waals surface area contributed by atoms with Crippen LogP contribution in [0.2, 0.25) is 0 Å². The number of rotatable bonds is 5. The van der Waals surface area contributed by atoms with Crippen LogP contribution in [0.4, 0.5) is 0 Å². The number of aromatic amines is 1. The highest BCUT2D eigenvalue weighted by Gasteiger charge is 2.09. The van der Waals surface area contributed by atoms with Crippen LogP contribution in [0.15, 0.2) is 66.7 Å². The molecule has 0 amide bonds. The van der Waals surface area contributed by atoms with Gasteiger partial charge in [0.05, 0.1) is 20.2 Å². The number of allylic oxidation sites excluding steroid dienone is 1. The summed E-state index contributed by atoms with van der Waals surface area (Å²) in [7, 11) is 0. The van der Waals surface area contributed by atoms with Crippen molar-refractivity contribution in [3.8, 4) is 11.8 Å². The zero-order valence-electron chi connectivity index (χ0n) is 15.8. The van der Waals surface area contributed by atoms with E-state index in [9.17, 15) is 5.26 Å². The van der Waals surface area contributed by atoms with Crippen LogP contribution in [0, 0.1) is 21.8 Å². The minimum absolute atomic E-state index is 0.493. The van der Waals surface area contributed by atoms with Crippen molar-refractivity contribution in [2.24, 2.45) is 0 Å². The van der Waals surface area contributed by atoms with Gasteiger partial charge in [-0.05, 0) is 76.5 Å². The van der Waals surface area contributed by atoms with Gasteiger partial charge in [-0.15, -0.1) is 0 Å². The first-order valence-electron chi connectivity index (χ1n) is 9.17. The summed E-state index contributed by atoms with van der Waals surface area (Å²) in [5.41, 5.74) is 5.48. The molecule has 5 heteroatoms. The van der Waals surface area contributed by atoms with Crippen molar-refractivity contribution in [1.29, 1.82) is 5.26 Å². The molecule has 4 rings (SSSR count). The zero-order chi connectivity index (χ0) is 20.2. The molecule has 0 radical (unpaired) electrons. The minimum atomic E-state index is 0.493. The van der Waals surface area contributed by atoms with E-state index in [1.54, 1.807) is 0 Å². The van der Waals surface area contributed by atoms with Crippen LogP contribution >= 0.6 is 22.6 Å². The second-order valence-corrected chi connectivity index (χ2v) is 7.90. The highest BCUT2D eigenvalue weighted by Crippen LogP contribution is 2.26. The predicted molar refractivity (Wildman–Crippen MR) is 124 cm³/mol. The van der Waals surface area contributed by atoms with Gasteiger partial charge in [0.2, 0.25) is 0 Å². The van der Waals surface area contributed by atoms with E-state index in [4.69, 9.17) is 4.74 Å². The van der Waals surface area contributed by atoms with Crippen LogP contribution in [0.5, 0.6) is 5.75 Å². The van der Waals surface area contributed by atoms with Crippen molar-refractivity contribution in [2.45, 2.75) is 13.5 Å². The molecule has 142 valence electrons. The smallest absolute Gasteiger partial charge is 0.149 e. The summed E-state index contributed by atoms with van der Waals surface area (Å²) in [5.74, 6) is 1.40. The molecule has 0 aliphatic carbocycles. The van der Waals surface area contributed by atoms with Gasteiger partial charge in [0, 0.05) is 0 Å². The number of hydrogen-bond donors (Lipinski definition) is 1. The van der Waals surface area contributed by atoms with Crippen LogP contribution in [-0.4, -0.2) is 9.97 Å². The summed E-state index contributed by atoms with van der Waals surface area (Å²) in [6.45, 7) is 2.55. The molecule has 0 aliphatic rings. The summed E-state index contributed by atoms with van der Waals surface area (Å²) in [4.78, 5) is 7.79. The number of imidazole rings is 1. The first-order chi connectivity index (χ1) is 14.1. The van der Waals surface area contributed by atoms with Crippen molar-refractivity contribution in [3.63, 3.8) is 0 Å². The number of aryl methyl sites for hydroxylation is 1. The van der Waals surface area contributed by atoms with Crippen molar-refractivity contribution >= 4 is 45.3 Å². The van der Waals surface area contributed by atoms with Crippen LogP contribution in [-0.2, 0) is 6.61 Å². The molecule has 0 saturated carbocycles. The van der Waals surface area contributed by atoms with Crippen molar-refractivity contribution in [2.75, 3.05) is 0 Å². The monoisotopic (exact) mass is 491 g/mol. The molecule has 1 N–H and O–H groups in total. The highest BCUT2D eigenvalue weighted by atomic mass is 127. The molecular weight excluding hydrogens is 473 g/mol. The highest BCUT2D eigenvalue weighted by molar-refractivity contribution is 14.1. The molecule has 0 spiro atoms. The molecule has 1 aromatic heterocycles. The molecular formula is C24H18IN3O. The first-order valence-corrected chi connectivity index (χ1v) is 10.2. The van der Waals surface area contributed by atoms with Gasteiger partial charge in [-0.25, -0.2) is 4.98 Å². The third-order valence-corrected chi connectivity index (χ3v) is 5.36. The Hall–Kier alpha value is -3.11. The quantitative estimate of drug-likeness (QED) is 0.270. The summed E-state index contributed by atoms with van der Waals surface area (Å²) < 4.78 is 6.92. The standard InChI is InChI=1S/C24H18IN3O/c1-16-7-9-21-22(11-16)28-24(27-21)19(14-26)12-18-8-10-23(20(25)13-18)29-15-17-5-3-2-4-6-17/h2-13H,15H2,1H3,(H,27,28). The first kappa shape index (κ1) is 19.2. The van der Waals surface area contributed by atoms with E-state index in [1.807, 2.05) is 79.7 Å². The molecule has 0 fully saturated rings. The van der Waals surface area contributed by atoms with E-state index < -0.39 is 0 Å². The van der Waals surface area contributed by atoms with Crippen LogP contribution in [0.25, 0.3) is 22.7 Å². The van der Waals surface area contributed by atoms with Crippen molar-refractivity contribution in [1.82, 2.24) is 9.97 Å². The number of H-pyrrole nitrogens is 1. The van der Waals surface area contributed by atoms with E-state index in [0.29, 0.717) is 18.0 Å². The number of nitriles is 1. The molecule has 0 atom stereocenters. The third kappa shape index (κ3) is 4.49. The van der Waals surface area contributed by atoms with Crippen molar-refractivity contribution < 1.29 is 4.74 Å². The average molecular weight is 491 g/mol. The maximum atomic E-state index is 9.65. The Morgan fingerprint density at radius 2 is 1.97 bits per heavy atom. The van der Waals surface area contributed by atoms with Gasteiger partial charge in [0.15, 0.2) is 0 Å². The maximum Gasteiger partial charge on any atom is 0.149 e. The number of nitrogens with one attached hydrogen (secondary N) is 1. The number of nitrogens with zero attached hydrogens (tertiary/aromatic N) is 2. The second kappa shape index (κ2) is 8.50. The number of ether oxygens (including phenoxy) is 1. The molecule has 4 aromatic rings. The summed E-state index contributed by atoms with van der Waals surface area (Å²) in [6.07, 6.45) is 1.84. The fourth-order valence-corrected chi connectivity index (χ4v) is 3.73. The zero-order valence-corrected chi connectivity index (χ0v) is 18.0. The number of benzene rings is 3. The van der Waals surface area contributed by atoms with Gasteiger partial charge >= 0.3 is 0 Å². The van der Waals surface area contributed by atoms with Gasteiger partial charge < -0.3 is 9.72 Å². The van der Waals surface area contributed by atoms with Crippen LogP contribution in [0.3, 0.4) is 0 Å². The summed E-state index contributed by atoms with van der Waals surface area (Å²) in [5, 5.41) is 9.65. The molecule has 3 aromatic carbocycles. The Labute approximate surface area is 183 Å². The lowest BCUT2D eigenvalue weighted by Crippen LogP contribution is -1.97. The Morgan fingerprint density at radius 1 is 1.14 bits per heavy atom.